The topological polar surface area (TPSA) is 50.2 Å². The Morgan fingerprint density at radius 3 is 2.75 bits per heavy atom. The van der Waals surface area contributed by atoms with E-state index in [1.165, 1.54) is 18.2 Å². The van der Waals surface area contributed by atoms with Gasteiger partial charge >= 0.3 is 6.18 Å². The Bertz CT molecular complexity index is 741. The molecule has 5 nitrogen and oxygen atoms in total. The van der Waals surface area contributed by atoms with Crippen molar-refractivity contribution in [2.24, 2.45) is 7.05 Å². The fraction of sp³-hybridized carbons (Fsp3) is 0.375. The number of piperazine rings is 1. The maximum Gasteiger partial charge on any atom is 0.416 e. The van der Waals surface area contributed by atoms with Gasteiger partial charge in [-0.1, -0.05) is 18.2 Å². The lowest BCUT2D eigenvalue weighted by Crippen LogP contribution is -2.50. The Morgan fingerprint density at radius 1 is 1.33 bits per heavy atom. The highest BCUT2D eigenvalue weighted by molar-refractivity contribution is 5.84. The summed E-state index contributed by atoms with van der Waals surface area (Å²) < 4.78 is 41.8. The predicted molar refractivity (Wildman–Crippen MR) is 80.8 cm³/mol. The summed E-state index contributed by atoms with van der Waals surface area (Å²) in [6, 6.07) is 4.26. The number of hydrogen-bond donors (Lipinski definition) is 1. The monoisotopic (exact) mass is 338 g/mol. The SMILES string of the molecule is Cn1cncc1CN1CCNC(=O)C1c1ccccc1C(F)(F)F. The van der Waals surface area contributed by atoms with E-state index in [9.17, 15) is 18.0 Å². The Kier molecular flexibility index (Phi) is 4.31. The zero-order chi connectivity index (χ0) is 17.3. The zero-order valence-electron chi connectivity index (χ0n) is 13.0. The summed E-state index contributed by atoms with van der Waals surface area (Å²) >= 11 is 0. The average molecular weight is 338 g/mol. The van der Waals surface area contributed by atoms with Crippen LogP contribution in [0.25, 0.3) is 0 Å². The molecule has 1 aromatic carbocycles. The molecule has 1 atom stereocenters. The van der Waals surface area contributed by atoms with E-state index in [2.05, 4.69) is 10.3 Å². The van der Waals surface area contributed by atoms with Crippen molar-refractivity contribution in [3.63, 3.8) is 0 Å². The van der Waals surface area contributed by atoms with Gasteiger partial charge in [0.2, 0.25) is 5.91 Å². The van der Waals surface area contributed by atoms with Crippen LogP contribution in [0.5, 0.6) is 0 Å². The van der Waals surface area contributed by atoms with Gasteiger partial charge < -0.3 is 9.88 Å². The van der Waals surface area contributed by atoms with Crippen molar-refractivity contribution < 1.29 is 18.0 Å². The van der Waals surface area contributed by atoms with Crippen molar-refractivity contribution in [3.8, 4) is 0 Å². The van der Waals surface area contributed by atoms with Crippen LogP contribution >= 0.6 is 0 Å². The molecule has 128 valence electrons. The molecule has 0 saturated carbocycles. The molecule has 2 aromatic rings. The van der Waals surface area contributed by atoms with Crippen molar-refractivity contribution in [2.75, 3.05) is 13.1 Å². The lowest BCUT2D eigenvalue weighted by atomic mass is 9.96. The molecular formula is C16H17F3N4O. The van der Waals surface area contributed by atoms with Crippen LogP contribution < -0.4 is 5.32 Å². The number of nitrogens with zero attached hydrogens (tertiary/aromatic N) is 3. The van der Waals surface area contributed by atoms with Gasteiger partial charge in [0.05, 0.1) is 17.6 Å². The summed E-state index contributed by atoms with van der Waals surface area (Å²) in [5.41, 5.74) is 0.0330. The molecule has 2 heterocycles. The maximum atomic E-state index is 13.3. The van der Waals surface area contributed by atoms with Crippen LogP contribution in [0, 0.1) is 0 Å². The lowest BCUT2D eigenvalue weighted by Gasteiger charge is -2.36. The first-order valence-corrected chi connectivity index (χ1v) is 7.51. The maximum absolute atomic E-state index is 13.3. The van der Waals surface area contributed by atoms with Crippen LogP contribution in [-0.4, -0.2) is 33.4 Å². The van der Waals surface area contributed by atoms with Gasteiger partial charge in [-0.3, -0.25) is 9.69 Å². The fourth-order valence-corrected chi connectivity index (χ4v) is 2.96. The van der Waals surface area contributed by atoms with E-state index in [1.807, 2.05) is 7.05 Å². The van der Waals surface area contributed by atoms with Gasteiger partial charge in [-0.15, -0.1) is 0 Å². The molecule has 0 radical (unpaired) electrons. The highest BCUT2D eigenvalue weighted by Gasteiger charge is 2.40. The van der Waals surface area contributed by atoms with Gasteiger partial charge in [0, 0.05) is 32.9 Å². The van der Waals surface area contributed by atoms with Crippen molar-refractivity contribution in [1.82, 2.24) is 19.8 Å². The van der Waals surface area contributed by atoms with Crippen LogP contribution in [0.3, 0.4) is 0 Å². The number of hydrogen-bond acceptors (Lipinski definition) is 3. The van der Waals surface area contributed by atoms with Gasteiger partial charge in [0.25, 0.3) is 0 Å². The van der Waals surface area contributed by atoms with E-state index in [4.69, 9.17) is 0 Å². The molecule has 24 heavy (non-hydrogen) atoms. The second-order valence-corrected chi connectivity index (χ2v) is 5.74. The molecule has 1 N–H and O–H groups in total. The van der Waals surface area contributed by atoms with Gasteiger partial charge in [-0.05, 0) is 11.6 Å². The van der Waals surface area contributed by atoms with Crippen molar-refractivity contribution in [2.45, 2.75) is 18.8 Å². The molecule has 1 fully saturated rings. The third kappa shape index (κ3) is 3.14. The van der Waals surface area contributed by atoms with Crippen molar-refractivity contribution in [3.05, 3.63) is 53.6 Å². The molecule has 1 amide bonds. The van der Waals surface area contributed by atoms with Crippen LogP contribution in [0.2, 0.25) is 0 Å². The normalized spacial score (nSPS) is 19.3. The van der Waals surface area contributed by atoms with Crippen molar-refractivity contribution in [1.29, 1.82) is 0 Å². The molecule has 1 saturated heterocycles. The molecule has 0 spiro atoms. The van der Waals surface area contributed by atoms with Crippen molar-refractivity contribution >= 4 is 5.91 Å². The minimum absolute atomic E-state index is 0.0237. The number of nitrogens with one attached hydrogen (secondary N) is 1. The molecular weight excluding hydrogens is 321 g/mol. The number of imidazole rings is 1. The first-order valence-electron chi connectivity index (χ1n) is 7.51. The second-order valence-electron chi connectivity index (χ2n) is 5.74. The molecule has 0 aliphatic carbocycles. The number of amides is 1. The Morgan fingerprint density at radius 2 is 2.08 bits per heavy atom. The summed E-state index contributed by atoms with van der Waals surface area (Å²) in [6.07, 6.45) is -1.23. The summed E-state index contributed by atoms with van der Waals surface area (Å²) in [7, 11) is 1.81. The first kappa shape index (κ1) is 16.5. The van der Waals surface area contributed by atoms with Gasteiger partial charge in [0.15, 0.2) is 0 Å². The zero-order valence-corrected chi connectivity index (χ0v) is 13.0. The molecule has 1 unspecified atom stereocenters. The third-order valence-electron chi connectivity index (χ3n) is 4.15. The molecule has 3 rings (SSSR count). The molecule has 1 aliphatic rings. The van der Waals surface area contributed by atoms with Crippen LogP contribution in [-0.2, 0) is 24.6 Å². The molecule has 0 bridgehead atoms. The van der Waals surface area contributed by atoms with Gasteiger partial charge in [-0.2, -0.15) is 13.2 Å². The largest absolute Gasteiger partial charge is 0.416 e. The Labute approximate surface area is 137 Å². The number of rotatable bonds is 3. The number of carbonyl (C=O) groups excluding carboxylic acids is 1. The van der Waals surface area contributed by atoms with Crippen LogP contribution in [0.4, 0.5) is 13.2 Å². The summed E-state index contributed by atoms with van der Waals surface area (Å²) in [4.78, 5) is 18.1. The third-order valence-corrected chi connectivity index (χ3v) is 4.15. The first-order chi connectivity index (χ1) is 11.4. The predicted octanol–water partition coefficient (Wildman–Crippen LogP) is 2.11. The van der Waals surface area contributed by atoms with E-state index < -0.39 is 23.7 Å². The molecule has 8 heteroatoms. The Hall–Kier alpha value is -2.35. The van der Waals surface area contributed by atoms with E-state index in [1.54, 1.807) is 22.0 Å². The summed E-state index contributed by atoms with van der Waals surface area (Å²) in [5.74, 6) is -0.417. The smallest absolute Gasteiger partial charge is 0.353 e. The van der Waals surface area contributed by atoms with Crippen LogP contribution in [0.15, 0.2) is 36.8 Å². The minimum Gasteiger partial charge on any atom is -0.353 e. The summed E-state index contributed by atoms with van der Waals surface area (Å²) in [5, 5.41) is 2.66. The number of aromatic nitrogens is 2. The minimum atomic E-state index is -4.51. The van der Waals surface area contributed by atoms with E-state index in [0.29, 0.717) is 19.6 Å². The van der Waals surface area contributed by atoms with Crippen LogP contribution in [0.1, 0.15) is 22.9 Å². The molecule has 1 aromatic heterocycles. The number of halogens is 3. The number of aryl methyl sites for hydroxylation is 1. The summed E-state index contributed by atoms with van der Waals surface area (Å²) in [6.45, 7) is 1.22. The fourth-order valence-electron chi connectivity index (χ4n) is 2.96. The standard InChI is InChI=1S/C16H17F3N4O/c1-22-10-20-8-11(22)9-23-7-6-21-15(24)14(23)12-4-2-3-5-13(12)16(17,18)19/h2-5,8,10,14H,6-7,9H2,1H3,(H,21,24). The average Bonchev–Trinajstić information content (AvgIpc) is 2.92. The second kappa shape index (κ2) is 6.27. The highest BCUT2D eigenvalue weighted by atomic mass is 19.4. The van der Waals surface area contributed by atoms with E-state index >= 15 is 0 Å². The quantitative estimate of drug-likeness (QED) is 0.933. The van der Waals surface area contributed by atoms with E-state index in [-0.39, 0.29) is 5.56 Å². The Balaban J connectivity index is 1.99. The molecule has 1 aliphatic heterocycles. The highest BCUT2D eigenvalue weighted by Crippen LogP contribution is 2.37. The van der Waals surface area contributed by atoms with Gasteiger partial charge in [-0.25, -0.2) is 4.98 Å². The number of carbonyl (C=O) groups is 1. The van der Waals surface area contributed by atoms with Gasteiger partial charge in [0.1, 0.15) is 6.04 Å². The van der Waals surface area contributed by atoms with E-state index in [0.717, 1.165) is 11.8 Å². The number of alkyl halides is 3. The number of benzene rings is 1. The lowest BCUT2D eigenvalue weighted by molar-refractivity contribution is -0.140.